The molecule has 19 heavy (non-hydrogen) atoms. The van der Waals surface area contributed by atoms with Crippen LogP contribution in [0.5, 0.6) is 0 Å². The Morgan fingerprint density at radius 3 is 2.53 bits per heavy atom. The second-order valence-corrected chi connectivity index (χ2v) is 6.38. The van der Waals surface area contributed by atoms with Gasteiger partial charge in [0.05, 0.1) is 5.75 Å². The van der Waals surface area contributed by atoms with Crippen molar-refractivity contribution in [2.24, 2.45) is 11.8 Å². The average Bonchev–Trinajstić information content (AvgIpc) is 2.66. The van der Waals surface area contributed by atoms with E-state index in [0.717, 1.165) is 13.1 Å². The molecule has 0 saturated carbocycles. The number of aromatic nitrogens is 3. The van der Waals surface area contributed by atoms with Gasteiger partial charge in [0.2, 0.25) is 11.1 Å². The van der Waals surface area contributed by atoms with Gasteiger partial charge in [0.1, 0.15) is 5.82 Å². The number of hydrogen-bond donors (Lipinski definition) is 1. The molecule has 1 saturated heterocycles. The van der Waals surface area contributed by atoms with Crippen molar-refractivity contribution in [3.63, 3.8) is 0 Å². The number of nitrogen functional groups attached to an aromatic ring is 1. The Bertz CT molecular complexity index is 451. The molecular formula is C12H21N5OS. The van der Waals surface area contributed by atoms with E-state index in [1.165, 1.54) is 22.9 Å². The minimum absolute atomic E-state index is 0.157. The molecule has 2 atom stereocenters. The third kappa shape index (κ3) is 3.40. The van der Waals surface area contributed by atoms with E-state index in [0.29, 0.717) is 28.6 Å². The molecule has 2 heterocycles. The lowest BCUT2D eigenvalue weighted by molar-refractivity contribution is -0.130. The number of aryl methyl sites for hydroxylation is 1. The number of carbonyl (C=O) groups is 1. The highest BCUT2D eigenvalue weighted by Gasteiger charge is 2.25. The second kappa shape index (κ2) is 5.81. The molecule has 2 rings (SSSR count). The van der Waals surface area contributed by atoms with Gasteiger partial charge in [-0.2, -0.15) is 0 Å². The molecule has 0 aromatic carbocycles. The monoisotopic (exact) mass is 283 g/mol. The molecule has 106 valence electrons. The fraction of sp³-hybridized carbons (Fsp3) is 0.750. The number of carbonyl (C=O) groups excluding carboxylic acids is 1. The summed E-state index contributed by atoms with van der Waals surface area (Å²) in [5.41, 5.74) is 0. The highest BCUT2D eigenvalue weighted by Crippen LogP contribution is 2.22. The number of nitrogens with two attached hydrogens (primary N) is 1. The first-order chi connectivity index (χ1) is 8.97. The van der Waals surface area contributed by atoms with E-state index in [2.05, 4.69) is 24.0 Å². The van der Waals surface area contributed by atoms with Crippen LogP contribution in [-0.2, 0) is 4.79 Å². The molecule has 0 bridgehead atoms. The van der Waals surface area contributed by atoms with Gasteiger partial charge in [0, 0.05) is 13.1 Å². The standard InChI is InChI=1S/C12H21N5OS/c1-8-4-9(2)6-16(5-8)11(18)7-19-12-15-14-10(3)17(12)13/h8-9H,4-7,13H2,1-3H3/t8-,9-/m0/s1. The minimum atomic E-state index is 0.157. The molecule has 0 radical (unpaired) electrons. The summed E-state index contributed by atoms with van der Waals surface area (Å²) in [6.45, 7) is 7.90. The fourth-order valence-corrected chi connectivity index (χ4v) is 3.34. The van der Waals surface area contributed by atoms with Gasteiger partial charge in [-0.1, -0.05) is 25.6 Å². The van der Waals surface area contributed by atoms with E-state index in [1.54, 1.807) is 6.92 Å². The number of likely N-dealkylation sites (tertiary alicyclic amines) is 1. The van der Waals surface area contributed by atoms with E-state index < -0.39 is 0 Å². The molecule has 1 fully saturated rings. The SMILES string of the molecule is Cc1nnc(SCC(=O)N2C[C@@H](C)C[C@H](C)C2)n1N. The van der Waals surface area contributed by atoms with Crippen molar-refractivity contribution in [2.45, 2.75) is 32.3 Å². The molecule has 1 aliphatic heterocycles. The quantitative estimate of drug-likeness (QED) is 0.658. The lowest BCUT2D eigenvalue weighted by Gasteiger charge is -2.34. The van der Waals surface area contributed by atoms with E-state index in [1.807, 2.05) is 4.90 Å². The van der Waals surface area contributed by atoms with Crippen LogP contribution in [0.2, 0.25) is 0 Å². The molecule has 7 heteroatoms. The van der Waals surface area contributed by atoms with Crippen LogP contribution in [0.4, 0.5) is 0 Å². The Labute approximate surface area is 117 Å². The topological polar surface area (TPSA) is 77.0 Å². The van der Waals surface area contributed by atoms with Crippen LogP contribution < -0.4 is 5.84 Å². The Morgan fingerprint density at radius 1 is 1.37 bits per heavy atom. The van der Waals surface area contributed by atoms with Gasteiger partial charge < -0.3 is 10.7 Å². The minimum Gasteiger partial charge on any atom is -0.341 e. The summed E-state index contributed by atoms with van der Waals surface area (Å²) in [6.07, 6.45) is 1.20. The van der Waals surface area contributed by atoms with Crippen molar-refractivity contribution in [2.75, 3.05) is 24.7 Å². The Morgan fingerprint density at radius 2 is 2.00 bits per heavy atom. The molecule has 2 N–H and O–H groups in total. The van der Waals surface area contributed by atoms with Gasteiger partial charge >= 0.3 is 0 Å². The zero-order chi connectivity index (χ0) is 14.0. The highest BCUT2D eigenvalue weighted by atomic mass is 32.2. The van der Waals surface area contributed by atoms with Crippen LogP contribution in [0, 0.1) is 18.8 Å². The van der Waals surface area contributed by atoms with Crippen LogP contribution >= 0.6 is 11.8 Å². The van der Waals surface area contributed by atoms with Gasteiger partial charge in [0.15, 0.2) is 0 Å². The third-order valence-electron chi connectivity index (χ3n) is 3.38. The maximum Gasteiger partial charge on any atom is 0.233 e. The molecular weight excluding hydrogens is 262 g/mol. The maximum atomic E-state index is 12.2. The molecule has 1 amide bonds. The van der Waals surface area contributed by atoms with Gasteiger partial charge in [0.25, 0.3) is 0 Å². The molecule has 0 unspecified atom stereocenters. The summed E-state index contributed by atoms with van der Waals surface area (Å²) >= 11 is 1.35. The van der Waals surface area contributed by atoms with E-state index in [-0.39, 0.29) is 5.91 Å². The normalized spacial score (nSPS) is 23.6. The number of amides is 1. The summed E-state index contributed by atoms with van der Waals surface area (Å²) in [4.78, 5) is 14.1. The van der Waals surface area contributed by atoms with Gasteiger partial charge in [-0.15, -0.1) is 10.2 Å². The predicted octanol–water partition coefficient (Wildman–Crippen LogP) is 0.897. The first-order valence-corrected chi connectivity index (χ1v) is 7.53. The first kappa shape index (κ1) is 14.2. The van der Waals surface area contributed by atoms with Crippen molar-refractivity contribution in [1.82, 2.24) is 19.8 Å². The number of thioether (sulfide) groups is 1. The van der Waals surface area contributed by atoms with Gasteiger partial charge in [-0.25, -0.2) is 4.68 Å². The molecule has 1 aromatic heterocycles. The number of piperidine rings is 1. The Balaban J connectivity index is 1.89. The first-order valence-electron chi connectivity index (χ1n) is 6.55. The maximum absolute atomic E-state index is 12.2. The summed E-state index contributed by atoms with van der Waals surface area (Å²) in [5.74, 6) is 8.10. The second-order valence-electron chi connectivity index (χ2n) is 5.43. The number of hydrogen-bond acceptors (Lipinski definition) is 5. The molecule has 0 aliphatic carbocycles. The van der Waals surface area contributed by atoms with E-state index in [4.69, 9.17) is 5.84 Å². The van der Waals surface area contributed by atoms with Crippen LogP contribution in [-0.4, -0.2) is 44.5 Å². The molecule has 0 spiro atoms. The average molecular weight is 283 g/mol. The van der Waals surface area contributed by atoms with Crippen molar-refractivity contribution in [1.29, 1.82) is 0 Å². The van der Waals surface area contributed by atoms with Crippen LogP contribution in [0.15, 0.2) is 5.16 Å². The third-order valence-corrected chi connectivity index (χ3v) is 4.31. The zero-order valence-electron chi connectivity index (χ0n) is 11.7. The fourth-order valence-electron chi connectivity index (χ4n) is 2.53. The lowest BCUT2D eigenvalue weighted by Crippen LogP contribution is -2.43. The Kier molecular flexibility index (Phi) is 4.34. The van der Waals surface area contributed by atoms with Gasteiger partial charge in [-0.05, 0) is 25.2 Å². The van der Waals surface area contributed by atoms with E-state index in [9.17, 15) is 4.79 Å². The summed E-state index contributed by atoms with van der Waals surface area (Å²) in [6, 6.07) is 0. The highest BCUT2D eigenvalue weighted by molar-refractivity contribution is 7.99. The molecule has 1 aromatic rings. The molecule has 6 nitrogen and oxygen atoms in total. The summed E-state index contributed by atoms with van der Waals surface area (Å²) < 4.78 is 1.42. The van der Waals surface area contributed by atoms with Crippen LogP contribution in [0.1, 0.15) is 26.1 Å². The van der Waals surface area contributed by atoms with Crippen molar-refractivity contribution < 1.29 is 4.79 Å². The van der Waals surface area contributed by atoms with E-state index >= 15 is 0 Å². The number of rotatable bonds is 3. The lowest BCUT2D eigenvalue weighted by atomic mass is 9.92. The largest absolute Gasteiger partial charge is 0.341 e. The zero-order valence-corrected chi connectivity index (χ0v) is 12.5. The van der Waals surface area contributed by atoms with Gasteiger partial charge in [-0.3, -0.25) is 4.79 Å². The van der Waals surface area contributed by atoms with Crippen molar-refractivity contribution in [3.05, 3.63) is 5.82 Å². The Hall–Kier alpha value is -1.24. The predicted molar refractivity (Wildman–Crippen MR) is 75.2 cm³/mol. The summed E-state index contributed by atoms with van der Waals surface area (Å²) in [7, 11) is 0. The van der Waals surface area contributed by atoms with Crippen LogP contribution in [0.25, 0.3) is 0 Å². The van der Waals surface area contributed by atoms with Crippen LogP contribution in [0.3, 0.4) is 0 Å². The van der Waals surface area contributed by atoms with Crippen molar-refractivity contribution in [3.8, 4) is 0 Å². The molecule has 1 aliphatic rings. The number of nitrogens with zero attached hydrogens (tertiary/aromatic N) is 4. The smallest absolute Gasteiger partial charge is 0.233 e. The summed E-state index contributed by atoms with van der Waals surface area (Å²) in [5, 5.41) is 8.40. The van der Waals surface area contributed by atoms with Crippen molar-refractivity contribution >= 4 is 17.7 Å².